The summed E-state index contributed by atoms with van der Waals surface area (Å²) in [5, 5.41) is 12.8. The van der Waals surface area contributed by atoms with Crippen LogP contribution in [0.1, 0.15) is 108 Å². The van der Waals surface area contributed by atoms with Crippen molar-refractivity contribution in [2.24, 2.45) is 23.2 Å². The van der Waals surface area contributed by atoms with Crippen LogP contribution in [0.3, 0.4) is 0 Å². The van der Waals surface area contributed by atoms with E-state index >= 15 is 8.78 Å². The lowest BCUT2D eigenvalue weighted by atomic mass is 9.95. The molecule has 2 aromatic heterocycles. The first-order valence-corrected chi connectivity index (χ1v) is 23.6. The second-order valence-electron chi connectivity index (χ2n) is 20.4. The number of halogens is 2. The Morgan fingerprint density at radius 2 is 1.57 bits per heavy atom. The smallest absolute Gasteiger partial charge is 0.408 e. The minimum Gasteiger partial charge on any atom is -0.465 e. The highest BCUT2D eigenvalue weighted by molar-refractivity contribution is 5.91. The third-order valence-electron chi connectivity index (χ3n) is 15.2. The predicted octanol–water partition coefficient (Wildman–Crippen LogP) is 8.82. The minimum atomic E-state index is -3.32. The Bertz CT molecular complexity index is 2890. The first-order chi connectivity index (χ1) is 32.4. The van der Waals surface area contributed by atoms with E-state index in [1.807, 2.05) is 38.1 Å². The molecule has 2 saturated heterocycles. The number of hydrogen-bond donors (Lipinski definition) is 4. The third kappa shape index (κ3) is 7.57. The summed E-state index contributed by atoms with van der Waals surface area (Å²) < 4.78 is 38.2. The molecule has 356 valence electrons. The zero-order chi connectivity index (χ0) is 48.1. The number of ether oxygens (including phenoxy) is 1. The Morgan fingerprint density at radius 1 is 0.897 bits per heavy atom. The lowest BCUT2D eigenvalue weighted by Crippen LogP contribution is -2.56. The number of nitrogens with zero attached hydrogens (tertiary/aromatic N) is 5. The first kappa shape index (κ1) is 45.1. The summed E-state index contributed by atoms with van der Waals surface area (Å²) >= 11 is 0. The highest BCUT2D eigenvalue weighted by Crippen LogP contribution is 2.59. The van der Waals surface area contributed by atoms with Gasteiger partial charge >= 0.3 is 12.2 Å². The molecule has 4 amide bonds. The molecule has 6 unspecified atom stereocenters. The number of benzene rings is 3. The van der Waals surface area contributed by atoms with E-state index in [4.69, 9.17) is 14.7 Å². The van der Waals surface area contributed by atoms with Gasteiger partial charge in [-0.05, 0) is 115 Å². The topological polar surface area (TPSA) is 194 Å². The van der Waals surface area contributed by atoms with E-state index in [9.17, 15) is 29.1 Å². The highest BCUT2D eigenvalue weighted by Gasteiger charge is 2.56. The highest BCUT2D eigenvalue weighted by atomic mass is 19.3. The maximum atomic E-state index is 16.7. The fourth-order valence-corrected chi connectivity index (χ4v) is 11.6. The molecule has 1 spiro atoms. The van der Waals surface area contributed by atoms with Crippen LogP contribution < -0.4 is 5.32 Å². The van der Waals surface area contributed by atoms with Gasteiger partial charge in [-0.1, -0.05) is 58.0 Å². The van der Waals surface area contributed by atoms with E-state index in [1.54, 1.807) is 48.0 Å². The largest absolute Gasteiger partial charge is 0.465 e. The van der Waals surface area contributed by atoms with Gasteiger partial charge in [-0.2, -0.15) is 8.78 Å². The van der Waals surface area contributed by atoms with E-state index in [-0.39, 0.29) is 70.5 Å². The fraction of sp³-hybridized carbons (Fsp3) is 0.471. The maximum absolute atomic E-state index is 16.7. The van der Waals surface area contributed by atoms with Crippen LogP contribution in [-0.4, -0.2) is 108 Å². The number of Topliss-reactive ketones (excluding diaryl/α,β-unsaturated/α-hetero) is 1. The summed E-state index contributed by atoms with van der Waals surface area (Å²) in [5.74, 6) is -3.55. The lowest BCUT2D eigenvalue weighted by Gasteiger charge is -2.40. The maximum Gasteiger partial charge on any atom is 0.408 e. The molecule has 15 nitrogen and oxygen atoms in total. The number of aromatic amines is 2. The molecule has 10 rings (SSSR count). The van der Waals surface area contributed by atoms with E-state index < -0.39 is 36.2 Å². The van der Waals surface area contributed by atoms with Gasteiger partial charge in [0.25, 0.3) is 5.92 Å². The van der Waals surface area contributed by atoms with Crippen LogP contribution in [0.25, 0.3) is 44.5 Å². The van der Waals surface area contributed by atoms with E-state index in [2.05, 4.69) is 15.3 Å². The van der Waals surface area contributed by atoms with Crippen LogP contribution in [0.5, 0.6) is 0 Å². The molecule has 4 N–H and O–H groups in total. The van der Waals surface area contributed by atoms with E-state index in [1.165, 1.54) is 26.2 Å². The molecule has 2 aliphatic heterocycles. The molecule has 4 fully saturated rings. The number of hydrogen-bond acceptors (Lipinski definition) is 8. The lowest BCUT2D eigenvalue weighted by molar-refractivity contribution is -0.143. The van der Waals surface area contributed by atoms with Crippen LogP contribution >= 0.6 is 0 Å². The zero-order valence-corrected chi connectivity index (χ0v) is 38.9. The van der Waals surface area contributed by atoms with Gasteiger partial charge in [0.05, 0.1) is 48.7 Å². The summed E-state index contributed by atoms with van der Waals surface area (Å²) in [4.78, 5) is 86.0. The Balaban J connectivity index is 0.898. The SMILES string of the molecule is COC(=O)NC(C(=O)N1CC2(CC2)CC1c1ncc(-c2ccc3c(c2)C(F)(F)c2cc(-c4ccc5nc(C6C7CCC(C7)N6C(=O)C(C(C)C)N(CC(C)=O)C(=O)O)[nH]c5c4)ccc2-3)[nH]1)C(C)C. The Morgan fingerprint density at radius 3 is 2.22 bits per heavy atom. The molecule has 6 atom stereocenters. The molecule has 0 radical (unpaired) electrons. The number of carbonyl (C=O) groups is 5. The summed E-state index contributed by atoms with van der Waals surface area (Å²) in [6, 6.07) is 13.0. The Hall–Kier alpha value is -6.65. The second-order valence-corrected chi connectivity index (χ2v) is 20.4. The standard InChI is InChI=1S/C51H56F2N8O7/c1-25(2)41(58-48(65)68-6)46(63)60-24-50(15-16-50)21-40(60)44-54-22-39(57-44)30-9-13-34-33-12-8-28(18-35(33)51(52,53)36(34)19-30)29-10-14-37-38(20-29)56-45(55-37)43-31-7-11-32(17-31)61(43)47(64)42(26(3)4)59(49(66)67)23-27(5)62/h8-10,12-14,18-20,22,25-26,31-32,40-43H,7,11,15-17,21,23-24H2,1-6H3,(H,54,57)(H,55,56)(H,58,65)(H,66,67). The van der Waals surface area contributed by atoms with Crippen LogP contribution in [0, 0.1) is 23.2 Å². The van der Waals surface area contributed by atoms with Crippen LogP contribution in [0.4, 0.5) is 18.4 Å². The molecule has 68 heavy (non-hydrogen) atoms. The molecule has 4 heterocycles. The van der Waals surface area contributed by atoms with Crippen molar-refractivity contribution in [2.45, 2.75) is 109 Å². The average Bonchev–Trinajstić information content (AvgIpc) is 3.96. The normalized spacial score (nSPS) is 22.4. The van der Waals surface area contributed by atoms with Gasteiger partial charge < -0.3 is 34.9 Å². The number of carboxylic acid groups (broad SMARTS) is 1. The van der Waals surface area contributed by atoms with Crippen LogP contribution in [0.2, 0.25) is 0 Å². The predicted molar refractivity (Wildman–Crippen MR) is 247 cm³/mol. The van der Waals surface area contributed by atoms with E-state index in [0.29, 0.717) is 69.2 Å². The van der Waals surface area contributed by atoms with Crippen molar-refractivity contribution >= 4 is 40.8 Å². The summed E-state index contributed by atoms with van der Waals surface area (Å²) in [6.07, 6.45) is 4.75. The number of aromatic nitrogens is 4. The molecule has 3 aromatic carbocycles. The number of imidazole rings is 2. The number of ketones is 1. The van der Waals surface area contributed by atoms with Gasteiger partial charge in [0.1, 0.15) is 29.5 Å². The minimum absolute atomic E-state index is 0.00249. The second kappa shape index (κ2) is 16.5. The number of likely N-dealkylation sites (tertiary alicyclic amines) is 2. The van der Waals surface area contributed by atoms with Crippen molar-refractivity contribution in [1.82, 2.24) is 40.0 Å². The number of alkyl carbamates (subject to hydrolysis) is 1. The third-order valence-corrected chi connectivity index (χ3v) is 15.2. The number of H-pyrrole nitrogens is 2. The van der Waals surface area contributed by atoms with Crippen LogP contribution in [-0.2, 0) is 25.0 Å². The fourth-order valence-electron chi connectivity index (χ4n) is 11.6. The molecule has 3 aliphatic carbocycles. The molecular formula is C51H56F2N8O7. The molecule has 5 aromatic rings. The van der Waals surface area contributed by atoms with Gasteiger partial charge in [0.2, 0.25) is 11.8 Å². The van der Waals surface area contributed by atoms with Crippen LogP contribution in [0.15, 0.2) is 60.8 Å². The number of fused-ring (bicyclic) bond motifs is 6. The summed E-state index contributed by atoms with van der Waals surface area (Å²) in [5.41, 5.74) is 4.34. The number of amides is 4. The van der Waals surface area contributed by atoms with Crippen molar-refractivity contribution < 1.29 is 42.6 Å². The van der Waals surface area contributed by atoms with Gasteiger partial charge in [-0.3, -0.25) is 19.3 Å². The zero-order valence-electron chi connectivity index (χ0n) is 38.9. The van der Waals surface area contributed by atoms with Crippen molar-refractivity contribution in [3.63, 3.8) is 0 Å². The molecule has 17 heteroatoms. The van der Waals surface area contributed by atoms with Gasteiger partial charge in [-0.15, -0.1) is 0 Å². The average molecular weight is 931 g/mol. The quantitative estimate of drug-likeness (QED) is 0.0946. The van der Waals surface area contributed by atoms with Crippen molar-refractivity contribution in [3.8, 4) is 33.5 Å². The molecule has 2 bridgehead atoms. The molecular weight excluding hydrogens is 875 g/mol. The number of carbonyl (C=O) groups excluding carboxylic acids is 4. The molecule has 2 saturated carbocycles. The first-order valence-electron chi connectivity index (χ1n) is 23.6. The van der Waals surface area contributed by atoms with E-state index in [0.717, 1.165) is 37.0 Å². The number of piperidine rings is 1. The number of rotatable bonds is 12. The monoisotopic (exact) mass is 930 g/mol. The summed E-state index contributed by atoms with van der Waals surface area (Å²) in [7, 11) is 1.26. The molecule has 5 aliphatic rings. The Kier molecular flexibility index (Phi) is 11.0. The summed E-state index contributed by atoms with van der Waals surface area (Å²) in [6.45, 7) is 8.76. The van der Waals surface area contributed by atoms with Gasteiger partial charge in [0.15, 0.2) is 0 Å². The van der Waals surface area contributed by atoms with Gasteiger partial charge in [0, 0.05) is 29.3 Å². The Labute approximate surface area is 392 Å². The number of methoxy groups -OCH3 is 1. The number of alkyl halides is 2. The van der Waals surface area contributed by atoms with Gasteiger partial charge in [-0.25, -0.2) is 19.6 Å². The van der Waals surface area contributed by atoms with Crippen molar-refractivity contribution in [2.75, 3.05) is 20.2 Å². The van der Waals surface area contributed by atoms with Crippen molar-refractivity contribution in [3.05, 3.63) is 83.6 Å². The number of nitrogens with one attached hydrogen (secondary N) is 3. The van der Waals surface area contributed by atoms with Crippen molar-refractivity contribution in [1.29, 1.82) is 0 Å².